The maximum atomic E-state index is 13.3. The third kappa shape index (κ3) is 3.70. The van der Waals surface area contributed by atoms with Crippen molar-refractivity contribution in [1.82, 2.24) is 15.1 Å². The van der Waals surface area contributed by atoms with Crippen molar-refractivity contribution in [2.75, 3.05) is 37.7 Å². The molecule has 1 atom stereocenters. The Morgan fingerprint density at radius 3 is 2.38 bits per heavy atom. The Balaban J connectivity index is 1.43. The lowest BCUT2D eigenvalue weighted by atomic mass is 9.87. The van der Waals surface area contributed by atoms with E-state index in [1.54, 1.807) is 0 Å². The van der Waals surface area contributed by atoms with E-state index in [0.29, 0.717) is 13.1 Å². The van der Waals surface area contributed by atoms with E-state index in [0.717, 1.165) is 42.5 Å². The lowest BCUT2D eigenvalue weighted by molar-refractivity contribution is -0.133. The largest absolute Gasteiger partial charge is 0.369 e. The normalized spacial score (nSPS) is 22.8. The van der Waals surface area contributed by atoms with Gasteiger partial charge in [-0.1, -0.05) is 54.9 Å². The van der Waals surface area contributed by atoms with Gasteiger partial charge in [-0.2, -0.15) is 0 Å². The van der Waals surface area contributed by atoms with E-state index in [1.807, 2.05) is 55.5 Å². The maximum absolute atomic E-state index is 13.3. The average Bonchev–Trinajstić information content (AvgIpc) is 3.00. The van der Waals surface area contributed by atoms with Gasteiger partial charge < -0.3 is 10.2 Å². The van der Waals surface area contributed by atoms with Crippen molar-refractivity contribution in [3.8, 4) is 0 Å². The summed E-state index contributed by atoms with van der Waals surface area (Å²) >= 11 is 6.10. The van der Waals surface area contributed by atoms with Crippen LogP contribution in [0.1, 0.15) is 18.9 Å². The molecule has 29 heavy (non-hydrogen) atoms. The second kappa shape index (κ2) is 8.05. The van der Waals surface area contributed by atoms with Crippen LogP contribution in [-0.2, 0) is 10.3 Å². The molecule has 0 bridgehead atoms. The minimum Gasteiger partial charge on any atom is -0.369 e. The highest BCUT2D eigenvalue weighted by Gasteiger charge is 2.51. The smallest absolute Gasteiger partial charge is 0.326 e. The Morgan fingerprint density at radius 1 is 1.00 bits per heavy atom. The first-order valence-electron chi connectivity index (χ1n) is 9.96. The fourth-order valence-corrected chi connectivity index (χ4v) is 4.32. The van der Waals surface area contributed by atoms with Crippen molar-refractivity contribution in [3.63, 3.8) is 0 Å². The van der Waals surface area contributed by atoms with Crippen LogP contribution in [-0.4, -0.2) is 54.6 Å². The van der Waals surface area contributed by atoms with Crippen LogP contribution < -0.4 is 10.2 Å². The Morgan fingerprint density at radius 2 is 1.72 bits per heavy atom. The number of imide groups is 1. The second-order valence-electron chi connectivity index (χ2n) is 7.51. The van der Waals surface area contributed by atoms with Crippen LogP contribution >= 0.6 is 11.6 Å². The number of amides is 3. The molecule has 152 valence electrons. The van der Waals surface area contributed by atoms with Crippen LogP contribution in [0.15, 0.2) is 54.6 Å². The standard InChI is InChI=1S/C22H25ClN4O2/c1-2-22(17-7-4-3-5-8-17)20(28)27(21(29)24-22)16-25-11-13-26(14-12-25)19-10-6-9-18(23)15-19/h3-10,15H,2,11-14,16H2,1H3,(H,24,29)/t22-/m1/s1. The number of hydrogen-bond acceptors (Lipinski definition) is 4. The van der Waals surface area contributed by atoms with Crippen LogP contribution in [0, 0.1) is 0 Å². The SMILES string of the molecule is CC[C@]1(c2ccccc2)NC(=O)N(CN2CCN(c3cccc(Cl)c3)CC2)C1=O. The summed E-state index contributed by atoms with van der Waals surface area (Å²) in [4.78, 5) is 31.7. The van der Waals surface area contributed by atoms with Gasteiger partial charge in [0.2, 0.25) is 0 Å². The molecule has 2 fully saturated rings. The van der Waals surface area contributed by atoms with Gasteiger partial charge in [0.1, 0.15) is 5.54 Å². The van der Waals surface area contributed by atoms with Crippen molar-refractivity contribution in [2.24, 2.45) is 0 Å². The van der Waals surface area contributed by atoms with Gasteiger partial charge in [0, 0.05) is 36.9 Å². The van der Waals surface area contributed by atoms with Gasteiger partial charge in [-0.05, 0) is 30.2 Å². The summed E-state index contributed by atoms with van der Waals surface area (Å²) in [6.07, 6.45) is 0.515. The van der Waals surface area contributed by atoms with Crippen LogP contribution in [0.5, 0.6) is 0 Å². The molecule has 2 aromatic carbocycles. The van der Waals surface area contributed by atoms with E-state index in [1.165, 1.54) is 4.90 Å². The topological polar surface area (TPSA) is 55.9 Å². The van der Waals surface area contributed by atoms with Gasteiger partial charge in [0.05, 0.1) is 6.67 Å². The summed E-state index contributed by atoms with van der Waals surface area (Å²) < 4.78 is 0. The van der Waals surface area contributed by atoms with Gasteiger partial charge in [-0.15, -0.1) is 0 Å². The van der Waals surface area contributed by atoms with Crippen LogP contribution in [0.2, 0.25) is 5.02 Å². The number of carbonyl (C=O) groups excluding carboxylic acids is 2. The van der Waals surface area contributed by atoms with Crippen LogP contribution in [0.3, 0.4) is 0 Å². The summed E-state index contributed by atoms with van der Waals surface area (Å²) in [5, 5.41) is 3.67. The molecule has 0 radical (unpaired) electrons. The minimum atomic E-state index is -0.971. The molecule has 0 aromatic heterocycles. The fourth-order valence-electron chi connectivity index (χ4n) is 4.14. The molecular weight excluding hydrogens is 388 g/mol. The van der Waals surface area contributed by atoms with E-state index in [2.05, 4.69) is 21.2 Å². The van der Waals surface area contributed by atoms with E-state index in [-0.39, 0.29) is 11.9 Å². The summed E-state index contributed by atoms with van der Waals surface area (Å²) in [5.41, 5.74) is 0.955. The number of halogens is 1. The number of hydrogen-bond donors (Lipinski definition) is 1. The second-order valence-corrected chi connectivity index (χ2v) is 7.95. The van der Waals surface area contributed by atoms with Crippen LogP contribution in [0.4, 0.5) is 10.5 Å². The highest BCUT2D eigenvalue weighted by molar-refractivity contribution is 6.30. The van der Waals surface area contributed by atoms with Crippen molar-refractivity contribution in [3.05, 3.63) is 65.2 Å². The Labute approximate surface area is 176 Å². The van der Waals surface area contributed by atoms with Gasteiger partial charge in [0.15, 0.2) is 0 Å². The fraction of sp³-hybridized carbons (Fsp3) is 0.364. The quantitative estimate of drug-likeness (QED) is 0.766. The van der Waals surface area contributed by atoms with Crippen molar-refractivity contribution < 1.29 is 9.59 Å². The zero-order valence-electron chi connectivity index (χ0n) is 16.5. The van der Waals surface area contributed by atoms with Crippen molar-refractivity contribution in [1.29, 1.82) is 0 Å². The number of benzene rings is 2. The molecule has 0 unspecified atom stereocenters. The van der Waals surface area contributed by atoms with Gasteiger partial charge in [0.25, 0.3) is 5.91 Å². The van der Waals surface area contributed by atoms with Gasteiger partial charge >= 0.3 is 6.03 Å². The zero-order valence-corrected chi connectivity index (χ0v) is 17.2. The van der Waals surface area contributed by atoms with Gasteiger partial charge in [-0.3, -0.25) is 9.69 Å². The van der Waals surface area contributed by atoms with Gasteiger partial charge in [-0.25, -0.2) is 9.69 Å². The monoisotopic (exact) mass is 412 g/mol. The molecular formula is C22H25ClN4O2. The number of urea groups is 1. The number of rotatable bonds is 5. The summed E-state index contributed by atoms with van der Waals surface area (Å²) in [5.74, 6) is -0.173. The molecule has 2 aliphatic rings. The predicted molar refractivity (Wildman–Crippen MR) is 114 cm³/mol. The predicted octanol–water partition coefficient (Wildman–Crippen LogP) is 3.28. The molecule has 7 heteroatoms. The molecule has 3 amide bonds. The highest BCUT2D eigenvalue weighted by Crippen LogP contribution is 2.32. The van der Waals surface area contributed by atoms with E-state index in [9.17, 15) is 9.59 Å². The molecule has 1 N–H and O–H groups in total. The third-order valence-electron chi connectivity index (χ3n) is 5.86. The Hall–Kier alpha value is -2.57. The van der Waals surface area contributed by atoms with Crippen molar-refractivity contribution in [2.45, 2.75) is 18.9 Å². The average molecular weight is 413 g/mol. The number of anilines is 1. The molecule has 4 rings (SSSR count). The Bertz CT molecular complexity index is 899. The number of nitrogens with zero attached hydrogens (tertiary/aromatic N) is 3. The lowest BCUT2D eigenvalue weighted by Gasteiger charge is -2.37. The minimum absolute atomic E-state index is 0.173. The first-order valence-corrected chi connectivity index (χ1v) is 10.3. The lowest BCUT2D eigenvalue weighted by Crippen LogP contribution is -2.51. The van der Waals surface area contributed by atoms with E-state index in [4.69, 9.17) is 11.6 Å². The maximum Gasteiger partial charge on any atom is 0.326 e. The van der Waals surface area contributed by atoms with E-state index >= 15 is 0 Å². The Kier molecular flexibility index (Phi) is 5.48. The molecule has 2 aromatic rings. The molecule has 0 saturated carbocycles. The number of carbonyl (C=O) groups is 2. The van der Waals surface area contributed by atoms with Crippen molar-refractivity contribution >= 4 is 29.2 Å². The summed E-state index contributed by atoms with van der Waals surface area (Å²) in [6.45, 7) is 5.42. The zero-order chi connectivity index (χ0) is 20.4. The first-order chi connectivity index (χ1) is 14.0. The molecule has 0 aliphatic carbocycles. The van der Waals surface area contributed by atoms with Crippen LogP contribution in [0.25, 0.3) is 0 Å². The molecule has 2 saturated heterocycles. The first kappa shape index (κ1) is 19.7. The molecule has 6 nitrogen and oxygen atoms in total. The highest BCUT2D eigenvalue weighted by atomic mass is 35.5. The third-order valence-corrected chi connectivity index (χ3v) is 6.09. The van der Waals surface area contributed by atoms with E-state index < -0.39 is 5.54 Å². The number of piperazine rings is 1. The molecule has 2 heterocycles. The molecule has 2 aliphatic heterocycles. The summed E-state index contributed by atoms with van der Waals surface area (Å²) in [7, 11) is 0. The number of nitrogens with one attached hydrogen (secondary N) is 1. The molecule has 0 spiro atoms. The summed E-state index contributed by atoms with van der Waals surface area (Å²) in [6, 6.07) is 17.0.